The van der Waals surface area contributed by atoms with Gasteiger partial charge in [-0.2, -0.15) is 0 Å². The number of amides is 2. The first kappa shape index (κ1) is 21.8. The first-order chi connectivity index (χ1) is 15.5. The van der Waals surface area contributed by atoms with Gasteiger partial charge in [0.25, 0.3) is 0 Å². The molecule has 0 atom stereocenters. The van der Waals surface area contributed by atoms with E-state index in [2.05, 4.69) is 29.6 Å². The summed E-state index contributed by atoms with van der Waals surface area (Å²) >= 11 is 0. The van der Waals surface area contributed by atoms with Crippen molar-refractivity contribution < 1.29 is 29.0 Å². The minimum atomic E-state index is -1.02. The molecule has 0 bridgehead atoms. The molecule has 2 aliphatic rings. The van der Waals surface area contributed by atoms with E-state index in [1.165, 1.54) is 11.1 Å². The molecule has 0 aromatic heterocycles. The van der Waals surface area contributed by atoms with E-state index in [0.29, 0.717) is 32.5 Å². The Labute approximate surface area is 186 Å². The Kier molecular flexibility index (Phi) is 6.70. The van der Waals surface area contributed by atoms with Gasteiger partial charge >= 0.3 is 12.1 Å². The van der Waals surface area contributed by atoms with E-state index in [9.17, 15) is 14.4 Å². The summed E-state index contributed by atoms with van der Waals surface area (Å²) in [4.78, 5) is 36.3. The number of rotatable bonds is 9. The molecule has 0 saturated carbocycles. The molecule has 2 N–H and O–H groups in total. The normalized spacial score (nSPS) is 14.9. The molecule has 32 heavy (non-hydrogen) atoms. The van der Waals surface area contributed by atoms with Crippen molar-refractivity contribution in [2.45, 2.75) is 24.9 Å². The average molecular weight is 438 g/mol. The Hall–Kier alpha value is -3.39. The second kappa shape index (κ2) is 9.82. The van der Waals surface area contributed by atoms with Crippen LogP contribution in [0.4, 0.5) is 4.79 Å². The van der Waals surface area contributed by atoms with Crippen molar-refractivity contribution in [3.63, 3.8) is 0 Å². The zero-order chi connectivity index (χ0) is 22.5. The van der Waals surface area contributed by atoms with Gasteiger partial charge in [-0.15, -0.1) is 0 Å². The molecule has 1 aliphatic carbocycles. The van der Waals surface area contributed by atoms with Crippen LogP contribution in [0.2, 0.25) is 0 Å². The smallest absolute Gasteiger partial charge is 0.407 e. The highest BCUT2D eigenvalue weighted by Gasteiger charge is 2.31. The molecule has 2 aromatic rings. The number of nitrogens with one attached hydrogen (secondary N) is 1. The maximum atomic E-state index is 12.1. The van der Waals surface area contributed by atoms with Crippen LogP contribution in [0.3, 0.4) is 0 Å². The van der Waals surface area contributed by atoms with E-state index in [4.69, 9.17) is 14.6 Å². The molecule has 1 saturated heterocycles. The summed E-state index contributed by atoms with van der Waals surface area (Å²) in [6.07, 6.45) is 0.0922. The summed E-state index contributed by atoms with van der Waals surface area (Å²) in [5.74, 6) is -1.04. The number of nitrogens with zero attached hydrogens (tertiary/aromatic N) is 1. The molecule has 168 valence electrons. The number of carboxylic acid groups (broad SMARTS) is 1. The van der Waals surface area contributed by atoms with Gasteiger partial charge in [0.15, 0.2) is 0 Å². The molecule has 1 aliphatic heterocycles. The monoisotopic (exact) mass is 438 g/mol. The fourth-order valence-corrected chi connectivity index (χ4v) is 4.17. The summed E-state index contributed by atoms with van der Waals surface area (Å²) in [5, 5.41) is 11.3. The van der Waals surface area contributed by atoms with Crippen LogP contribution in [-0.4, -0.2) is 66.9 Å². The van der Waals surface area contributed by atoms with Crippen molar-refractivity contribution in [2.24, 2.45) is 0 Å². The number of carboxylic acids is 1. The summed E-state index contributed by atoms with van der Waals surface area (Å²) < 4.78 is 10.6. The van der Waals surface area contributed by atoms with Gasteiger partial charge in [0.1, 0.15) is 13.2 Å². The topological polar surface area (TPSA) is 105 Å². The van der Waals surface area contributed by atoms with E-state index in [1.54, 1.807) is 4.90 Å². The van der Waals surface area contributed by atoms with Gasteiger partial charge in [-0.25, -0.2) is 9.59 Å². The lowest BCUT2D eigenvalue weighted by molar-refractivity contribution is -0.154. The van der Waals surface area contributed by atoms with Crippen LogP contribution in [-0.2, 0) is 19.1 Å². The van der Waals surface area contributed by atoms with Gasteiger partial charge in [0, 0.05) is 32.0 Å². The molecule has 2 amide bonds. The third-order valence-corrected chi connectivity index (χ3v) is 5.82. The van der Waals surface area contributed by atoms with Crippen molar-refractivity contribution in [3.05, 3.63) is 59.7 Å². The SMILES string of the molecule is O=C(O)COC1CN(C(=O)CCCNC(=O)OCC2c3ccccc3-c3ccccc32)C1. The molecular formula is C24H26N2O6. The molecule has 2 aromatic carbocycles. The minimum Gasteiger partial charge on any atom is -0.480 e. The Bertz CT molecular complexity index is 956. The lowest BCUT2D eigenvalue weighted by Crippen LogP contribution is -2.55. The molecule has 1 fully saturated rings. The highest BCUT2D eigenvalue weighted by atomic mass is 16.5. The van der Waals surface area contributed by atoms with Crippen LogP contribution in [0, 0.1) is 0 Å². The average Bonchev–Trinajstić information content (AvgIpc) is 3.08. The fourth-order valence-electron chi connectivity index (χ4n) is 4.17. The molecule has 8 nitrogen and oxygen atoms in total. The number of carbonyl (C=O) groups excluding carboxylic acids is 2. The second-order valence-corrected chi connectivity index (χ2v) is 7.98. The maximum absolute atomic E-state index is 12.1. The molecule has 0 unspecified atom stereocenters. The highest BCUT2D eigenvalue weighted by molar-refractivity contribution is 5.79. The zero-order valence-electron chi connectivity index (χ0n) is 17.7. The van der Waals surface area contributed by atoms with Crippen LogP contribution in [0.1, 0.15) is 29.9 Å². The number of benzene rings is 2. The quantitative estimate of drug-likeness (QED) is 0.583. The molecule has 4 rings (SSSR count). The van der Waals surface area contributed by atoms with Gasteiger partial charge < -0.3 is 24.8 Å². The number of aliphatic carboxylic acids is 1. The summed E-state index contributed by atoms with van der Waals surface area (Å²) in [6.45, 7) is 1.06. The van der Waals surface area contributed by atoms with Gasteiger partial charge in [0.2, 0.25) is 5.91 Å². The number of ether oxygens (including phenoxy) is 2. The number of fused-ring (bicyclic) bond motifs is 3. The van der Waals surface area contributed by atoms with E-state index in [0.717, 1.165) is 11.1 Å². The van der Waals surface area contributed by atoms with Crippen LogP contribution in [0.5, 0.6) is 0 Å². The lowest BCUT2D eigenvalue weighted by Gasteiger charge is -2.38. The molecule has 1 heterocycles. The molecule has 0 radical (unpaired) electrons. The Morgan fingerprint density at radius 3 is 2.25 bits per heavy atom. The Balaban J connectivity index is 1.15. The van der Waals surface area contributed by atoms with Crippen molar-refractivity contribution in [2.75, 3.05) is 32.8 Å². The highest BCUT2D eigenvalue weighted by Crippen LogP contribution is 2.44. The molecule has 0 spiro atoms. The van der Waals surface area contributed by atoms with Gasteiger partial charge in [0.05, 0.1) is 6.10 Å². The second-order valence-electron chi connectivity index (χ2n) is 7.98. The van der Waals surface area contributed by atoms with E-state index in [1.807, 2.05) is 24.3 Å². The molecular weight excluding hydrogens is 412 g/mol. The van der Waals surface area contributed by atoms with E-state index < -0.39 is 12.1 Å². The van der Waals surface area contributed by atoms with E-state index >= 15 is 0 Å². The predicted octanol–water partition coefficient (Wildman–Crippen LogP) is 2.62. The third kappa shape index (κ3) is 4.91. The van der Waals surface area contributed by atoms with Crippen LogP contribution in [0.15, 0.2) is 48.5 Å². The van der Waals surface area contributed by atoms with Gasteiger partial charge in [-0.3, -0.25) is 4.79 Å². The van der Waals surface area contributed by atoms with Crippen LogP contribution >= 0.6 is 0 Å². The number of alkyl carbamates (subject to hydrolysis) is 1. The predicted molar refractivity (Wildman–Crippen MR) is 116 cm³/mol. The first-order valence-electron chi connectivity index (χ1n) is 10.7. The van der Waals surface area contributed by atoms with Crippen LogP contribution < -0.4 is 5.32 Å². The zero-order valence-corrected chi connectivity index (χ0v) is 17.7. The Morgan fingerprint density at radius 2 is 1.62 bits per heavy atom. The number of likely N-dealkylation sites (tertiary alicyclic amines) is 1. The number of hydrogen-bond acceptors (Lipinski definition) is 5. The van der Waals surface area contributed by atoms with Crippen molar-refractivity contribution in [1.29, 1.82) is 0 Å². The van der Waals surface area contributed by atoms with Gasteiger partial charge in [-0.05, 0) is 28.7 Å². The Morgan fingerprint density at radius 1 is 1.00 bits per heavy atom. The molecule has 8 heteroatoms. The summed E-state index contributed by atoms with van der Waals surface area (Å²) in [7, 11) is 0. The number of hydrogen-bond donors (Lipinski definition) is 2. The standard InChI is InChI=1S/C24H26N2O6/c27-22(26-12-16(13-26)31-15-23(28)29)10-5-11-25-24(30)32-14-21-19-8-3-1-6-17(19)18-7-2-4-9-20(18)21/h1-4,6-9,16,21H,5,10-15H2,(H,25,30)(H,28,29). The van der Waals surface area contributed by atoms with Crippen molar-refractivity contribution in [1.82, 2.24) is 10.2 Å². The fraction of sp³-hybridized carbons (Fsp3) is 0.375. The van der Waals surface area contributed by atoms with E-state index in [-0.39, 0.29) is 31.1 Å². The largest absolute Gasteiger partial charge is 0.480 e. The van der Waals surface area contributed by atoms with Crippen LogP contribution in [0.25, 0.3) is 11.1 Å². The summed E-state index contributed by atoms with van der Waals surface area (Å²) in [5.41, 5.74) is 4.67. The summed E-state index contributed by atoms with van der Waals surface area (Å²) in [6, 6.07) is 16.3. The first-order valence-corrected chi connectivity index (χ1v) is 10.7. The van der Waals surface area contributed by atoms with Crippen molar-refractivity contribution >= 4 is 18.0 Å². The third-order valence-electron chi connectivity index (χ3n) is 5.82. The maximum Gasteiger partial charge on any atom is 0.407 e. The minimum absolute atomic E-state index is 0.0115. The van der Waals surface area contributed by atoms with Crippen molar-refractivity contribution in [3.8, 4) is 11.1 Å². The lowest BCUT2D eigenvalue weighted by atomic mass is 9.98. The van der Waals surface area contributed by atoms with Gasteiger partial charge in [-0.1, -0.05) is 48.5 Å². The number of carbonyl (C=O) groups is 3.